The highest BCUT2D eigenvalue weighted by atomic mass is 16.4. The smallest absolute Gasteiger partial charge is 0.307 e. The maximum atomic E-state index is 12.7. The van der Waals surface area contributed by atoms with Crippen molar-refractivity contribution >= 4 is 17.7 Å². The number of amides is 1. The number of benzene rings is 2. The van der Waals surface area contributed by atoms with E-state index in [-0.39, 0.29) is 36.7 Å². The zero-order valence-electron chi connectivity index (χ0n) is 15.1. The molecule has 1 amide bonds. The highest BCUT2D eigenvalue weighted by Crippen LogP contribution is 2.17. The van der Waals surface area contributed by atoms with Gasteiger partial charge in [0.25, 0.3) is 0 Å². The summed E-state index contributed by atoms with van der Waals surface area (Å²) in [5.74, 6) is -2.49. The molecule has 2 aromatic rings. The molecule has 0 saturated heterocycles. The van der Waals surface area contributed by atoms with Crippen LogP contribution in [0.2, 0.25) is 0 Å². The van der Waals surface area contributed by atoms with Crippen LogP contribution in [-0.4, -0.2) is 33.9 Å². The van der Waals surface area contributed by atoms with Gasteiger partial charge in [0.2, 0.25) is 5.91 Å². The Bertz CT molecular complexity index is 786. The van der Waals surface area contributed by atoms with Gasteiger partial charge in [0, 0.05) is 13.3 Å². The number of phenols is 1. The first-order chi connectivity index (χ1) is 12.8. The Hall–Kier alpha value is -3.15. The molecule has 6 heteroatoms. The lowest BCUT2D eigenvalue weighted by Crippen LogP contribution is -2.42. The van der Waals surface area contributed by atoms with Crippen LogP contribution in [0.1, 0.15) is 24.5 Å². The van der Waals surface area contributed by atoms with Crippen LogP contribution in [0, 0.1) is 5.92 Å². The van der Waals surface area contributed by atoms with Crippen molar-refractivity contribution in [3.8, 4) is 5.75 Å². The van der Waals surface area contributed by atoms with E-state index >= 15 is 0 Å². The molecule has 0 spiro atoms. The average Bonchev–Trinajstić information content (AvgIpc) is 2.62. The molecular formula is C21H23NO5. The molecule has 0 aromatic heterocycles. The number of carboxylic acid groups (broad SMARTS) is 1. The van der Waals surface area contributed by atoms with Crippen LogP contribution < -0.4 is 5.32 Å². The summed E-state index contributed by atoms with van der Waals surface area (Å²) in [4.78, 5) is 35.8. The van der Waals surface area contributed by atoms with Crippen molar-refractivity contribution in [1.29, 1.82) is 0 Å². The summed E-state index contributed by atoms with van der Waals surface area (Å²) in [6.45, 7) is 1.32. The lowest BCUT2D eigenvalue weighted by molar-refractivity contribution is -0.144. The molecule has 0 heterocycles. The lowest BCUT2D eigenvalue weighted by Gasteiger charge is -2.19. The van der Waals surface area contributed by atoms with E-state index < -0.39 is 17.9 Å². The summed E-state index contributed by atoms with van der Waals surface area (Å²) >= 11 is 0. The van der Waals surface area contributed by atoms with Gasteiger partial charge in [0.15, 0.2) is 5.78 Å². The second kappa shape index (κ2) is 9.52. The molecule has 0 aliphatic heterocycles. The van der Waals surface area contributed by atoms with E-state index in [1.165, 1.54) is 19.1 Å². The number of phenolic OH excluding ortho intramolecular Hbond substituents is 1. The molecule has 27 heavy (non-hydrogen) atoms. The number of Topliss-reactive ketones (excluding diaryl/α,β-unsaturated/α-hetero) is 1. The third kappa shape index (κ3) is 6.58. The Balaban J connectivity index is 2.10. The average molecular weight is 369 g/mol. The summed E-state index contributed by atoms with van der Waals surface area (Å²) in [7, 11) is 0. The maximum Gasteiger partial charge on any atom is 0.307 e. The van der Waals surface area contributed by atoms with E-state index in [4.69, 9.17) is 0 Å². The summed E-state index contributed by atoms with van der Waals surface area (Å²) in [5, 5.41) is 21.5. The standard InChI is InChI=1S/C21H23NO5/c1-14(23)22-19(12-16-7-9-18(24)10-8-16)20(25)13-17(21(26)27)11-15-5-3-2-4-6-15/h2-10,17,19,24H,11-13H2,1H3,(H,22,23)(H,26,27)/t17-,19+/m1/s1. The largest absolute Gasteiger partial charge is 0.508 e. The molecule has 2 aromatic carbocycles. The van der Waals surface area contributed by atoms with E-state index in [9.17, 15) is 24.6 Å². The van der Waals surface area contributed by atoms with Gasteiger partial charge in [-0.25, -0.2) is 0 Å². The van der Waals surface area contributed by atoms with Crippen molar-refractivity contribution in [2.45, 2.75) is 32.2 Å². The van der Waals surface area contributed by atoms with Crippen molar-refractivity contribution in [1.82, 2.24) is 5.32 Å². The quantitative estimate of drug-likeness (QED) is 0.629. The van der Waals surface area contributed by atoms with E-state index in [1.807, 2.05) is 30.3 Å². The molecule has 142 valence electrons. The fourth-order valence-corrected chi connectivity index (χ4v) is 2.89. The Kier molecular flexibility index (Phi) is 7.11. The van der Waals surface area contributed by atoms with Gasteiger partial charge in [-0.1, -0.05) is 42.5 Å². The molecule has 0 bridgehead atoms. The molecule has 0 saturated carbocycles. The number of rotatable bonds is 9. The fourth-order valence-electron chi connectivity index (χ4n) is 2.89. The summed E-state index contributed by atoms with van der Waals surface area (Å²) in [5.41, 5.74) is 1.60. The van der Waals surface area contributed by atoms with Gasteiger partial charge >= 0.3 is 5.97 Å². The minimum absolute atomic E-state index is 0.106. The Morgan fingerprint density at radius 3 is 2.07 bits per heavy atom. The normalized spacial score (nSPS) is 12.8. The zero-order valence-corrected chi connectivity index (χ0v) is 15.1. The second-order valence-electron chi connectivity index (χ2n) is 6.52. The van der Waals surface area contributed by atoms with Crippen LogP contribution in [0.3, 0.4) is 0 Å². The first kappa shape index (κ1) is 20.2. The van der Waals surface area contributed by atoms with Crippen molar-refractivity contribution in [2.75, 3.05) is 0 Å². The van der Waals surface area contributed by atoms with Crippen molar-refractivity contribution < 1.29 is 24.6 Å². The van der Waals surface area contributed by atoms with E-state index in [0.29, 0.717) is 0 Å². The minimum atomic E-state index is -1.04. The number of hydrogen-bond acceptors (Lipinski definition) is 4. The Morgan fingerprint density at radius 1 is 0.926 bits per heavy atom. The number of ketones is 1. The van der Waals surface area contributed by atoms with Crippen molar-refractivity contribution in [3.05, 3.63) is 65.7 Å². The van der Waals surface area contributed by atoms with Gasteiger partial charge in [-0.2, -0.15) is 0 Å². The zero-order chi connectivity index (χ0) is 19.8. The van der Waals surface area contributed by atoms with Crippen LogP contribution >= 0.6 is 0 Å². The molecule has 2 atom stereocenters. The fraction of sp³-hybridized carbons (Fsp3) is 0.286. The number of carboxylic acids is 1. The van der Waals surface area contributed by atoms with Crippen LogP contribution in [0.15, 0.2) is 54.6 Å². The first-order valence-electron chi connectivity index (χ1n) is 8.69. The Labute approximate surface area is 157 Å². The highest BCUT2D eigenvalue weighted by molar-refractivity contribution is 5.91. The first-order valence-corrected chi connectivity index (χ1v) is 8.69. The van der Waals surface area contributed by atoms with Crippen LogP contribution in [0.25, 0.3) is 0 Å². The van der Waals surface area contributed by atoms with Crippen LogP contribution in [0.4, 0.5) is 0 Å². The summed E-state index contributed by atoms with van der Waals surface area (Å²) in [6.07, 6.45) is 0.303. The number of aliphatic carboxylic acids is 1. The third-order valence-corrected chi connectivity index (χ3v) is 4.26. The molecule has 6 nitrogen and oxygen atoms in total. The minimum Gasteiger partial charge on any atom is -0.508 e. The van der Waals surface area contributed by atoms with Gasteiger partial charge in [0.05, 0.1) is 12.0 Å². The highest BCUT2D eigenvalue weighted by Gasteiger charge is 2.27. The van der Waals surface area contributed by atoms with E-state index in [0.717, 1.165) is 11.1 Å². The van der Waals surface area contributed by atoms with Crippen LogP contribution in [-0.2, 0) is 27.2 Å². The second-order valence-corrected chi connectivity index (χ2v) is 6.52. The van der Waals surface area contributed by atoms with Gasteiger partial charge in [-0.05, 0) is 36.1 Å². The topological polar surface area (TPSA) is 104 Å². The van der Waals surface area contributed by atoms with E-state index in [2.05, 4.69) is 5.32 Å². The number of aromatic hydroxyl groups is 1. The molecule has 0 radical (unpaired) electrons. The molecule has 0 unspecified atom stereocenters. The molecule has 0 aliphatic carbocycles. The predicted octanol–water partition coefficient (Wildman–Crippen LogP) is 2.34. The molecule has 0 fully saturated rings. The molecule has 3 N–H and O–H groups in total. The number of carbonyl (C=O) groups excluding carboxylic acids is 2. The predicted molar refractivity (Wildman–Crippen MR) is 100 cm³/mol. The van der Waals surface area contributed by atoms with Crippen molar-refractivity contribution in [3.63, 3.8) is 0 Å². The summed E-state index contributed by atoms with van der Waals surface area (Å²) < 4.78 is 0. The van der Waals surface area contributed by atoms with Crippen LogP contribution in [0.5, 0.6) is 5.75 Å². The summed E-state index contributed by atoms with van der Waals surface area (Å²) in [6, 6.07) is 14.6. The Morgan fingerprint density at radius 2 is 1.52 bits per heavy atom. The van der Waals surface area contributed by atoms with Gasteiger partial charge in [0.1, 0.15) is 5.75 Å². The maximum absolute atomic E-state index is 12.7. The third-order valence-electron chi connectivity index (χ3n) is 4.26. The SMILES string of the molecule is CC(=O)N[C@@H](Cc1ccc(O)cc1)C(=O)C[C@@H](Cc1ccccc1)C(=O)O. The monoisotopic (exact) mass is 369 g/mol. The van der Waals surface area contributed by atoms with Gasteiger partial charge in [-0.15, -0.1) is 0 Å². The lowest BCUT2D eigenvalue weighted by atomic mass is 9.90. The number of hydrogen-bond donors (Lipinski definition) is 3. The van der Waals surface area contributed by atoms with Gasteiger partial charge < -0.3 is 15.5 Å². The molecule has 0 aliphatic rings. The van der Waals surface area contributed by atoms with Crippen molar-refractivity contribution in [2.24, 2.45) is 5.92 Å². The van der Waals surface area contributed by atoms with E-state index in [1.54, 1.807) is 12.1 Å². The molecule has 2 rings (SSSR count). The number of nitrogens with one attached hydrogen (secondary N) is 1. The van der Waals surface area contributed by atoms with Gasteiger partial charge in [-0.3, -0.25) is 14.4 Å². The molecular weight excluding hydrogens is 346 g/mol. The number of carbonyl (C=O) groups is 3.